The van der Waals surface area contributed by atoms with Crippen molar-refractivity contribution in [1.29, 1.82) is 0 Å². The molecule has 18 heavy (non-hydrogen) atoms. The van der Waals surface area contributed by atoms with Crippen molar-refractivity contribution >= 4 is 26.9 Å². The first-order valence-electron chi connectivity index (χ1n) is 6.42. The van der Waals surface area contributed by atoms with E-state index in [9.17, 15) is 0 Å². The Kier molecular flexibility index (Phi) is 3.68. The third-order valence-corrected chi connectivity index (χ3v) is 4.16. The van der Waals surface area contributed by atoms with Gasteiger partial charge in [-0.3, -0.25) is 0 Å². The zero-order chi connectivity index (χ0) is 12.4. The zero-order valence-corrected chi connectivity index (χ0v) is 11.9. The summed E-state index contributed by atoms with van der Waals surface area (Å²) in [5.41, 5.74) is 2.28. The van der Waals surface area contributed by atoms with Gasteiger partial charge in [0.1, 0.15) is 5.58 Å². The highest BCUT2D eigenvalue weighted by Gasteiger charge is 2.12. The van der Waals surface area contributed by atoms with E-state index in [1.54, 1.807) is 0 Å². The molecule has 1 N–H and O–H groups in total. The third kappa shape index (κ3) is 2.46. The van der Waals surface area contributed by atoms with Crippen molar-refractivity contribution in [2.45, 2.75) is 6.42 Å². The molecule has 0 unspecified atom stereocenters. The topological polar surface area (TPSA) is 28.4 Å². The van der Waals surface area contributed by atoms with Crippen LogP contribution in [0.15, 0.2) is 33.4 Å². The number of fused-ring (bicyclic) bond motifs is 1. The van der Waals surface area contributed by atoms with Crippen LogP contribution in [0.1, 0.15) is 5.56 Å². The highest BCUT2D eigenvalue weighted by Crippen LogP contribution is 2.28. The number of nitrogens with one attached hydrogen (secondary N) is 1. The first kappa shape index (κ1) is 12.2. The Morgan fingerprint density at radius 2 is 2.11 bits per heavy atom. The molecule has 2 heterocycles. The number of hydrogen-bond acceptors (Lipinski definition) is 3. The maximum Gasteiger partial charge on any atom is 0.148 e. The van der Waals surface area contributed by atoms with Crippen molar-refractivity contribution in [2.75, 3.05) is 32.7 Å². The molecule has 1 saturated heterocycles. The second-order valence-electron chi connectivity index (χ2n) is 4.72. The van der Waals surface area contributed by atoms with Gasteiger partial charge < -0.3 is 14.6 Å². The predicted molar refractivity (Wildman–Crippen MR) is 76.9 cm³/mol. The fourth-order valence-electron chi connectivity index (χ4n) is 2.48. The first-order chi connectivity index (χ1) is 8.84. The minimum absolute atomic E-state index is 0.966. The minimum atomic E-state index is 0.966. The van der Waals surface area contributed by atoms with Crippen LogP contribution in [0.25, 0.3) is 11.0 Å². The number of benzene rings is 1. The molecule has 1 aromatic carbocycles. The molecule has 3 nitrogen and oxygen atoms in total. The molecule has 4 heteroatoms. The Labute approximate surface area is 115 Å². The molecule has 0 aliphatic carbocycles. The smallest absolute Gasteiger partial charge is 0.148 e. The number of halogens is 1. The quantitative estimate of drug-likeness (QED) is 0.945. The summed E-state index contributed by atoms with van der Waals surface area (Å²) in [5.74, 6) is 0. The number of hydrogen-bond donors (Lipinski definition) is 1. The summed E-state index contributed by atoms with van der Waals surface area (Å²) >= 11 is 3.53. The number of rotatable bonds is 3. The summed E-state index contributed by atoms with van der Waals surface area (Å²) in [6, 6.07) is 6.22. The van der Waals surface area contributed by atoms with E-state index in [1.165, 1.54) is 10.9 Å². The van der Waals surface area contributed by atoms with Gasteiger partial charge in [0.2, 0.25) is 0 Å². The standard InChI is InChI=1S/C14H17BrN2O/c15-13-3-1-2-12-11(10-18-14(12)13)4-7-17-8-5-16-6-9-17/h1-3,10,16H,4-9H2. The summed E-state index contributed by atoms with van der Waals surface area (Å²) in [4.78, 5) is 2.51. The van der Waals surface area contributed by atoms with E-state index < -0.39 is 0 Å². The van der Waals surface area contributed by atoms with Gasteiger partial charge in [0.25, 0.3) is 0 Å². The van der Waals surface area contributed by atoms with Gasteiger partial charge in [-0.25, -0.2) is 0 Å². The predicted octanol–water partition coefficient (Wildman–Crippen LogP) is 2.64. The summed E-state index contributed by atoms with van der Waals surface area (Å²) < 4.78 is 6.68. The van der Waals surface area contributed by atoms with Crippen molar-refractivity contribution in [3.05, 3.63) is 34.5 Å². The lowest BCUT2D eigenvalue weighted by molar-refractivity contribution is 0.244. The Morgan fingerprint density at radius 1 is 1.28 bits per heavy atom. The number of furan rings is 1. The molecule has 1 aliphatic rings. The highest BCUT2D eigenvalue weighted by atomic mass is 79.9. The maximum absolute atomic E-state index is 5.64. The molecule has 1 aromatic heterocycles. The van der Waals surface area contributed by atoms with E-state index in [0.29, 0.717) is 0 Å². The molecule has 0 atom stereocenters. The van der Waals surface area contributed by atoms with E-state index in [4.69, 9.17) is 4.42 Å². The van der Waals surface area contributed by atoms with Crippen LogP contribution < -0.4 is 5.32 Å². The molecular formula is C14H17BrN2O. The lowest BCUT2D eigenvalue weighted by Crippen LogP contribution is -2.44. The van der Waals surface area contributed by atoms with Crippen LogP contribution >= 0.6 is 15.9 Å². The van der Waals surface area contributed by atoms with Crippen LogP contribution in [0.4, 0.5) is 0 Å². The second-order valence-corrected chi connectivity index (χ2v) is 5.57. The Morgan fingerprint density at radius 3 is 2.94 bits per heavy atom. The van der Waals surface area contributed by atoms with Crippen LogP contribution in [0, 0.1) is 0 Å². The van der Waals surface area contributed by atoms with E-state index in [2.05, 4.69) is 38.3 Å². The van der Waals surface area contributed by atoms with Gasteiger partial charge in [0, 0.05) is 38.1 Å². The molecule has 0 radical (unpaired) electrons. The van der Waals surface area contributed by atoms with Crippen molar-refractivity contribution in [3.8, 4) is 0 Å². The van der Waals surface area contributed by atoms with Crippen LogP contribution in [0.5, 0.6) is 0 Å². The zero-order valence-electron chi connectivity index (χ0n) is 10.3. The van der Waals surface area contributed by atoms with E-state index in [-0.39, 0.29) is 0 Å². The largest absolute Gasteiger partial charge is 0.463 e. The summed E-state index contributed by atoms with van der Waals surface area (Å²) in [7, 11) is 0. The molecule has 0 saturated carbocycles. The monoisotopic (exact) mass is 308 g/mol. The van der Waals surface area contributed by atoms with E-state index in [1.807, 2.05) is 12.3 Å². The molecule has 1 aliphatic heterocycles. The van der Waals surface area contributed by atoms with Gasteiger partial charge in [0.15, 0.2) is 0 Å². The number of piperazine rings is 1. The Bertz CT molecular complexity index is 532. The number of para-hydroxylation sites is 1. The molecular weight excluding hydrogens is 292 g/mol. The lowest BCUT2D eigenvalue weighted by Gasteiger charge is -2.26. The molecule has 2 aromatic rings. The van der Waals surface area contributed by atoms with Crippen molar-refractivity contribution in [2.24, 2.45) is 0 Å². The Balaban J connectivity index is 1.72. The summed E-state index contributed by atoms with van der Waals surface area (Å²) in [5, 5.41) is 4.61. The molecule has 1 fully saturated rings. The fourth-order valence-corrected chi connectivity index (χ4v) is 2.94. The molecule has 3 rings (SSSR count). The average molecular weight is 309 g/mol. The molecule has 0 spiro atoms. The number of nitrogens with zero attached hydrogens (tertiary/aromatic N) is 1. The third-order valence-electron chi connectivity index (χ3n) is 3.54. The molecule has 96 valence electrons. The van der Waals surface area contributed by atoms with Gasteiger partial charge in [-0.15, -0.1) is 0 Å². The average Bonchev–Trinajstić information content (AvgIpc) is 2.82. The van der Waals surface area contributed by atoms with Gasteiger partial charge in [-0.2, -0.15) is 0 Å². The fraction of sp³-hybridized carbons (Fsp3) is 0.429. The van der Waals surface area contributed by atoms with E-state index >= 15 is 0 Å². The minimum Gasteiger partial charge on any atom is -0.463 e. The first-order valence-corrected chi connectivity index (χ1v) is 7.21. The van der Waals surface area contributed by atoms with Crippen LogP contribution in [0.3, 0.4) is 0 Å². The normalized spacial score (nSPS) is 17.4. The van der Waals surface area contributed by atoms with Crippen LogP contribution in [0.2, 0.25) is 0 Å². The van der Waals surface area contributed by atoms with Crippen LogP contribution in [-0.4, -0.2) is 37.6 Å². The second kappa shape index (κ2) is 5.43. The van der Waals surface area contributed by atoms with Gasteiger partial charge in [0.05, 0.1) is 10.7 Å². The highest BCUT2D eigenvalue weighted by molar-refractivity contribution is 9.10. The molecule has 0 bridgehead atoms. The van der Waals surface area contributed by atoms with Crippen molar-refractivity contribution < 1.29 is 4.42 Å². The van der Waals surface area contributed by atoms with Gasteiger partial charge in [-0.1, -0.05) is 12.1 Å². The lowest BCUT2D eigenvalue weighted by atomic mass is 10.1. The van der Waals surface area contributed by atoms with Gasteiger partial charge in [-0.05, 0) is 34.0 Å². The van der Waals surface area contributed by atoms with Gasteiger partial charge >= 0.3 is 0 Å². The van der Waals surface area contributed by atoms with Crippen molar-refractivity contribution in [3.63, 3.8) is 0 Å². The maximum atomic E-state index is 5.64. The summed E-state index contributed by atoms with van der Waals surface area (Å²) in [6.45, 7) is 5.64. The van der Waals surface area contributed by atoms with Crippen LogP contribution in [-0.2, 0) is 6.42 Å². The molecule has 0 amide bonds. The SMILES string of the molecule is Brc1cccc2c(CCN3CCNCC3)coc12. The van der Waals surface area contributed by atoms with Crippen molar-refractivity contribution in [1.82, 2.24) is 10.2 Å². The van der Waals surface area contributed by atoms with E-state index in [0.717, 1.165) is 49.2 Å². The Hall–Kier alpha value is -0.840. The summed E-state index contributed by atoms with van der Waals surface area (Å²) in [6.07, 6.45) is 2.96.